The number of hydrogen-bond acceptors (Lipinski definition) is 2. The molecule has 19 heavy (non-hydrogen) atoms. The Morgan fingerprint density at radius 2 is 1.21 bits per heavy atom. The van der Waals surface area contributed by atoms with Crippen LogP contribution < -0.4 is 11.3 Å². The number of nitrogens with one attached hydrogen (secondary N) is 1. The molecule has 0 bridgehead atoms. The molecule has 0 aliphatic heterocycles. The normalized spacial score (nSPS) is 11.1. The lowest BCUT2D eigenvalue weighted by atomic mass is 9.98. The summed E-state index contributed by atoms with van der Waals surface area (Å²) in [5.41, 5.74) is 1.75. The number of nitrogens with two attached hydrogens (primary N) is 1. The first-order chi connectivity index (χ1) is 9.02. The predicted octanol–water partition coefficient (Wildman–Crippen LogP) is 2.80. The van der Waals surface area contributed by atoms with Gasteiger partial charge in [0.1, 0.15) is 23.3 Å². The van der Waals surface area contributed by atoms with Crippen molar-refractivity contribution in [2.45, 2.75) is 6.04 Å². The van der Waals surface area contributed by atoms with Gasteiger partial charge in [0, 0.05) is 11.1 Å². The zero-order valence-electron chi connectivity index (χ0n) is 9.63. The third-order valence-electron chi connectivity index (χ3n) is 2.70. The smallest absolute Gasteiger partial charge is 0.128 e. The van der Waals surface area contributed by atoms with Gasteiger partial charge in [0.25, 0.3) is 0 Å². The van der Waals surface area contributed by atoms with Crippen LogP contribution in [-0.4, -0.2) is 0 Å². The van der Waals surface area contributed by atoms with Crippen LogP contribution in [0.4, 0.5) is 17.6 Å². The van der Waals surface area contributed by atoms with E-state index in [2.05, 4.69) is 5.43 Å². The Kier molecular flexibility index (Phi) is 3.82. The van der Waals surface area contributed by atoms with E-state index in [-0.39, 0.29) is 11.1 Å². The molecular formula is C13H10F4N2. The van der Waals surface area contributed by atoms with Crippen molar-refractivity contribution in [3.8, 4) is 0 Å². The van der Waals surface area contributed by atoms with Crippen LogP contribution in [0.2, 0.25) is 0 Å². The Labute approximate surface area is 106 Å². The summed E-state index contributed by atoms with van der Waals surface area (Å²) in [6, 6.07) is 4.21. The first-order valence-corrected chi connectivity index (χ1v) is 5.39. The zero-order chi connectivity index (χ0) is 14.0. The van der Waals surface area contributed by atoms with E-state index in [0.29, 0.717) is 0 Å². The van der Waals surface area contributed by atoms with Gasteiger partial charge in [-0.25, -0.2) is 23.0 Å². The highest BCUT2D eigenvalue weighted by Gasteiger charge is 2.21. The maximum atomic E-state index is 13.6. The molecule has 0 aromatic heterocycles. The average molecular weight is 270 g/mol. The molecule has 0 saturated heterocycles. The van der Waals surface area contributed by atoms with Gasteiger partial charge >= 0.3 is 0 Å². The molecule has 0 amide bonds. The Balaban J connectivity index is 2.55. The highest BCUT2D eigenvalue weighted by atomic mass is 19.1. The van der Waals surface area contributed by atoms with E-state index in [1.54, 1.807) is 0 Å². The fourth-order valence-corrected chi connectivity index (χ4v) is 1.82. The fourth-order valence-electron chi connectivity index (χ4n) is 1.82. The Morgan fingerprint density at radius 3 is 1.58 bits per heavy atom. The van der Waals surface area contributed by atoms with Crippen molar-refractivity contribution in [1.82, 2.24) is 5.43 Å². The third-order valence-corrected chi connectivity index (χ3v) is 2.70. The summed E-state index contributed by atoms with van der Waals surface area (Å²) in [4.78, 5) is 0. The van der Waals surface area contributed by atoms with E-state index in [1.807, 2.05) is 0 Å². The Hall–Kier alpha value is -1.92. The van der Waals surface area contributed by atoms with Crippen molar-refractivity contribution in [2.75, 3.05) is 0 Å². The van der Waals surface area contributed by atoms with Gasteiger partial charge < -0.3 is 0 Å². The van der Waals surface area contributed by atoms with Gasteiger partial charge in [-0.1, -0.05) is 0 Å². The predicted molar refractivity (Wildman–Crippen MR) is 61.9 cm³/mol. The molecule has 0 saturated carbocycles. The van der Waals surface area contributed by atoms with Gasteiger partial charge in [-0.05, 0) is 36.4 Å². The van der Waals surface area contributed by atoms with Crippen LogP contribution in [0.5, 0.6) is 0 Å². The third kappa shape index (κ3) is 2.74. The van der Waals surface area contributed by atoms with Crippen LogP contribution in [0.3, 0.4) is 0 Å². The lowest BCUT2D eigenvalue weighted by Gasteiger charge is -2.18. The molecule has 0 aliphatic carbocycles. The molecule has 0 heterocycles. The molecule has 2 aromatic rings. The average Bonchev–Trinajstić information content (AvgIpc) is 2.38. The van der Waals surface area contributed by atoms with Crippen molar-refractivity contribution in [3.63, 3.8) is 0 Å². The van der Waals surface area contributed by atoms with E-state index in [4.69, 9.17) is 5.84 Å². The molecule has 100 valence electrons. The largest absolute Gasteiger partial charge is 0.271 e. The molecule has 2 aromatic carbocycles. The van der Waals surface area contributed by atoms with E-state index >= 15 is 0 Å². The molecule has 6 heteroatoms. The summed E-state index contributed by atoms with van der Waals surface area (Å²) in [6.45, 7) is 0. The standard InChI is InChI=1S/C13H10F4N2/c14-7-1-3-11(16)9(5-7)13(19-18)10-6-8(15)2-4-12(10)17/h1-6,13,19H,18H2. The van der Waals surface area contributed by atoms with E-state index in [0.717, 1.165) is 36.4 Å². The van der Waals surface area contributed by atoms with Crippen molar-refractivity contribution in [1.29, 1.82) is 0 Å². The monoisotopic (exact) mass is 270 g/mol. The minimum Gasteiger partial charge on any atom is -0.271 e. The van der Waals surface area contributed by atoms with Crippen LogP contribution >= 0.6 is 0 Å². The van der Waals surface area contributed by atoms with Crippen molar-refractivity contribution < 1.29 is 17.6 Å². The lowest BCUT2D eigenvalue weighted by molar-refractivity contribution is 0.516. The number of hydrazine groups is 1. The molecule has 2 nitrogen and oxygen atoms in total. The summed E-state index contributed by atoms with van der Waals surface area (Å²) in [5.74, 6) is 2.30. The van der Waals surface area contributed by atoms with Crippen LogP contribution in [-0.2, 0) is 0 Å². The first-order valence-electron chi connectivity index (χ1n) is 5.39. The van der Waals surface area contributed by atoms with Gasteiger partial charge in [0.05, 0.1) is 6.04 Å². The number of benzene rings is 2. The minimum atomic E-state index is -1.19. The maximum absolute atomic E-state index is 13.6. The van der Waals surface area contributed by atoms with Gasteiger partial charge in [0.2, 0.25) is 0 Å². The van der Waals surface area contributed by atoms with Crippen LogP contribution in [0.15, 0.2) is 36.4 Å². The molecule has 2 rings (SSSR count). The Morgan fingerprint density at radius 1 is 0.789 bits per heavy atom. The topological polar surface area (TPSA) is 38.0 Å². The highest BCUT2D eigenvalue weighted by molar-refractivity contribution is 5.34. The van der Waals surface area contributed by atoms with E-state index in [9.17, 15) is 17.6 Å². The van der Waals surface area contributed by atoms with Gasteiger partial charge in [-0.2, -0.15) is 0 Å². The van der Waals surface area contributed by atoms with Crippen LogP contribution in [0.25, 0.3) is 0 Å². The highest BCUT2D eigenvalue weighted by Crippen LogP contribution is 2.27. The summed E-state index contributed by atoms with van der Waals surface area (Å²) in [7, 11) is 0. The van der Waals surface area contributed by atoms with Gasteiger partial charge in [0.15, 0.2) is 0 Å². The summed E-state index contributed by atoms with van der Waals surface area (Å²) >= 11 is 0. The first kappa shape index (κ1) is 13.5. The van der Waals surface area contributed by atoms with Crippen LogP contribution in [0.1, 0.15) is 17.2 Å². The molecule has 0 atom stereocenters. The molecule has 0 unspecified atom stereocenters. The quantitative estimate of drug-likeness (QED) is 0.511. The molecule has 3 N–H and O–H groups in total. The maximum Gasteiger partial charge on any atom is 0.128 e. The number of halogens is 4. The van der Waals surface area contributed by atoms with Crippen molar-refractivity contribution >= 4 is 0 Å². The molecule has 0 aliphatic rings. The number of rotatable bonds is 3. The summed E-state index contributed by atoms with van der Waals surface area (Å²) < 4.78 is 53.6. The van der Waals surface area contributed by atoms with Crippen molar-refractivity contribution in [2.24, 2.45) is 5.84 Å². The van der Waals surface area contributed by atoms with Gasteiger partial charge in [-0.15, -0.1) is 0 Å². The second-order valence-corrected chi connectivity index (χ2v) is 3.93. The lowest BCUT2D eigenvalue weighted by Crippen LogP contribution is -2.30. The van der Waals surface area contributed by atoms with Crippen LogP contribution in [0, 0.1) is 23.3 Å². The van der Waals surface area contributed by atoms with E-state index < -0.39 is 29.3 Å². The summed E-state index contributed by atoms with van der Waals surface area (Å²) in [5, 5.41) is 0. The molecular weight excluding hydrogens is 260 g/mol. The van der Waals surface area contributed by atoms with Crippen molar-refractivity contribution in [3.05, 3.63) is 70.8 Å². The number of hydrogen-bond donors (Lipinski definition) is 2. The molecule has 0 spiro atoms. The SMILES string of the molecule is NNC(c1cc(F)ccc1F)c1cc(F)ccc1F. The molecule has 0 fully saturated rings. The second-order valence-electron chi connectivity index (χ2n) is 3.93. The minimum absolute atomic E-state index is 0.202. The fraction of sp³-hybridized carbons (Fsp3) is 0.0769. The van der Waals surface area contributed by atoms with Gasteiger partial charge in [-0.3, -0.25) is 5.84 Å². The Bertz CT molecular complexity index is 550. The summed E-state index contributed by atoms with van der Waals surface area (Å²) in [6.07, 6.45) is 0. The van der Waals surface area contributed by atoms with E-state index in [1.165, 1.54) is 0 Å². The second kappa shape index (κ2) is 5.38. The molecule has 0 radical (unpaired) electrons. The zero-order valence-corrected chi connectivity index (χ0v) is 9.63.